The van der Waals surface area contributed by atoms with Crippen molar-refractivity contribution in [3.8, 4) is 5.75 Å². The van der Waals surface area contributed by atoms with Crippen LogP contribution >= 0.6 is 11.6 Å². The Morgan fingerprint density at radius 3 is 3.08 bits per heavy atom. The quantitative estimate of drug-likeness (QED) is 0.646. The Hall–Kier alpha value is -1.09. The SMILES string of the molecule is CN1CCOc2c(N)cc(Cl)cc21. The first kappa shape index (κ1) is 8.51. The first-order chi connectivity index (χ1) is 6.18. The zero-order valence-electron chi connectivity index (χ0n) is 7.38. The lowest BCUT2D eigenvalue weighted by Crippen LogP contribution is -2.29. The van der Waals surface area contributed by atoms with Gasteiger partial charge in [0, 0.05) is 12.1 Å². The molecule has 0 aliphatic carbocycles. The van der Waals surface area contributed by atoms with Crippen LogP contribution in [0.1, 0.15) is 0 Å². The van der Waals surface area contributed by atoms with Gasteiger partial charge in [0.15, 0.2) is 5.75 Å². The summed E-state index contributed by atoms with van der Waals surface area (Å²) in [7, 11) is 2.00. The summed E-state index contributed by atoms with van der Waals surface area (Å²) in [5, 5.41) is 0.647. The fourth-order valence-electron chi connectivity index (χ4n) is 1.45. The Bertz CT molecular complexity index is 341. The van der Waals surface area contributed by atoms with Crippen LogP contribution in [0.2, 0.25) is 5.02 Å². The number of likely N-dealkylation sites (N-methyl/N-ethyl adjacent to an activating group) is 1. The van der Waals surface area contributed by atoms with Gasteiger partial charge in [-0.3, -0.25) is 0 Å². The highest BCUT2D eigenvalue weighted by Gasteiger charge is 2.17. The molecule has 1 aromatic rings. The second kappa shape index (κ2) is 3.00. The average molecular weight is 199 g/mol. The first-order valence-electron chi connectivity index (χ1n) is 4.11. The van der Waals surface area contributed by atoms with E-state index in [1.54, 1.807) is 6.07 Å². The minimum atomic E-state index is 0.606. The summed E-state index contributed by atoms with van der Waals surface area (Å²) in [6.07, 6.45) is 0. The highest BCUT2D eigenvalue weighted by atomic mass is 35.5. The normalized spacial score (nSPS) is 15.1. The van der Waals surface area contributed by atoms with Crippen LogP contribution in [0.3, 0.4) is 0 Å². The van der Waals surface area contributed by atoms with E-state index in [9.17, 15) is 0 Å². The number of nitrogens with two attached hydrogens (primary N) is 1. The molecule has 0 bridgehead atoms. The molecule has 0 unspecified atom stereocenters. The molecule has 4 heteroatoms. The van der Waals surface area contributed by atoms with Gasteiger partial charge < -0.3 is 15.4 Å². The predicted molar refractivity (Wildman–Crippen MR) is 54.6 cm³/mol. The molecule has 1 heterocycles. The molecule has 70 valence electrons. The van der Waals surface area contributed by atoms with E-state index >= 15 is 0 Å². The Morgan fingerprint density at radius 2 is 2.31 bits per heavy atom. The standard InChI is InChI=1S/C9H11ClN2O/c1-12-2-3-13-9-7(11)4-6(10)5-8(9)12/h4-5H,2-3,11H2,1H3. The predicted octanol–water partition coefficient (Wildman–Crippen LogP) is 1.75. The van der Waals surface area contributed by atoms with Gasteiger partial charge in [0.1, 0.15) is 6.61 Å². The number of nitrogens with zero attached hydrogens (tertiary/aromatic N) is 1. The van der Waals surface area contributed by atoms with E-state index in [4.69, 9.17) is 22.1 Å². The summed E-state index contributed by atoms with van der Waals surface area (Å²) in [6.45, 7) is 1.54. The van der Waals surface area contributed by atoms with Crippen LogP contribution in [0.4, 0.5) is 11.4 Å². The fourth-order valence-corrected chi connectivity index (χ4v) is 1.67. The number of hydrogen-bond donors (Lipinski definition) is 1. The second-order valence-corrected chi connectivity index (χ2v) is 3.55. The van der Waals surface area contributed by atoms with Gasteiger partial charge in [0.25, 0.3) is 0 Å². The molecule has 0 spiro atoms. The molecule has 0 amide bonds. The molecule has 1 aliphatic heterocycles. The zero-order valence-corrected chi connectivity index (χ0v) is 8.14. The van der Waals surface area contributed by atoms with Gasteiger partial charge in [-0.05, 0) is 12.1 Å². The lowest BCUT2D eigenvalue weighted by molar-refractivity contribution is 0.313. The van der Waals surface area contributed by atoms with E-state index in [2.05, 4.69) is 4.90 Å². The molecule has 2 rings (SSSR count). The number of benzene rings is 1. The molecule has 3 nitrogen and oxygen atoms in total. The number of fused-ring (bicyclic) bond motifs is 1. The molecule has 0 saturated heterocycles. The Balaban J connectivity index is 2.56. The van der Waals surface area contributed by atoms with Crippen LogP contribution < -0.4 is 15.4 Å². The van der Waals surface area contributed by atoms with Gasteiger partial charge in [-0.1, -0.05) is 11.6 Å². The monoisotopic (exact) mass is 198 g/mol. The Morgan fingerprint density at radius 1 is 1.54 bits per heavy atom. The van der Waals surface area contributed by atoms with Crippen LogP contribution in [0.15, 0.2) is 12.1 Å². The maximum Gasteiger partial charge on any atom is 0.165 e. The third-order valence-electron chi connectivity index (χ3n) is 2.15. The van der Waals surface area contributed by atoms with Crippen molar-refractivity contribution in [2.45, 2.75) is 0 Å². The molecule has 1 aliphatic rings. The van der Waals surface area contributed by atoms with Crippen molar-refractivity contribution in [3.05, 3.63) is 17.2 Å². The minimum absolute atomic E-state index is 0.606. The topological polar surface area (TPSA) is 38.5 Å². The van der Waals surface area contributed by atoms with Crippen LogP contribution in [-0.2, 0) is 0 Å². The van der Waals surface area contributed by atoms with E-state index in [0.29, 0.717) is 17.3 Å². The molecule has 0 radical (unpaired) electrons. The van der Waals surface area contributed by atoms with Gasteiger partial charge in [-0.2, -0.15) is 0 Å². The maximum atomic E-state index is 5.89. The van der Waals surface area contributed by atoms with Gasteiger partial charge >= 0.3 is 0 Å². The lowest BCUT2D eigenvalue weighted by atomic mass is 10.2. The highest BCUT2D eigenvalue weighted by molar-refractivity contribution is 6.31. The lowest BCUT2D eigenvalue weighted by Gasteiger charge is -2.28. The number of nitrogen functional groups attached to an aromatic ring is 1. The summed E-state index contributed by atoms with van der Waals surface area (Å²) in [5.74, 6) is 0.748. The summed E-state index contributed by atoms with van der Waals surface area (Å²) >= 11 is 5.89. The number of anilines is 2. The second-order valence-electron chi connectivity index (χ2n) is 3.11. The van der Waals surface area contributed by atoms with Gasteiger partial charge in [0.2, 0.25) is 0 Å². The number of ether oxygens (including phenoxy) is 1. The smallest absolute Gasteiger partial charge is 0.165 e. The number of rotatable bonds is 0. The molecule has 0 fully saturated rings. The van der Waals surface area contributed by atoms with E-state index in [0.717, 1.165) is 18.0 Å². The molecule has 0 atom stereocenters. The van der Waals surface area contributed by atoms with E-state index in [1.165, 1.54) is 0 Å². The summed E-state index contributed by atoms with van der Waals surface area (Å²) in [6, 6.07) is 3.58. The molecular formula is C9H11ClN2O. The molecule has 0 aromatic heterocycles. The Kier molecular flexibility index (Phi) is 1.96. The summed E-state index contributed by atoms with van der Waals surface area (Å²) in [5.41, 5.74) is 7.34. The molecule has 13 heavy (non-hydrogen) atoms. The highest BCUT2D eigenvalue weighted by Crippen LogP contribution is 2.38. The first-order valence-corrected chi connectivity index (χ1v) is 4.49. The van der Waals surface area contributed by atoms with Crippen LogP contribution in [-0.4, -0.2) is 20.2 Å². The van der Waals surface area contributed by atoms with Crippen molar-refractivity contribution in [1.29, 1.82) is 0 Å². The summed E-state index contributed by atoms with van der Waals surface area (Å²) < 4.78 is 5.45. The molecular weight excluding hydrogens is 188 g/mol. The van der Waals surface area contributed by atoms with E-state index < -0.39 is 0 Å². The van der Waals surface area contributed by atoms with Gasteiger partial charge in [0.05, 0.1) is 17.9 Å². The minimum Gasteiger partial charge on any atom is -0.487 e. The zero-order chi connectivity index (χ0) is 9.42. The van der Waals surface area contributed by atoms with E-state index in [-0.39, 0.29) is 0 Å². The van der Waals surface area contributed by atoms with Crippen LogP contribution in [0, 0.1) is 0 Å². The van der Waals surface area contributed by atoms with Crippen molar-refractivity contribution in [1.82, 2.24) is 0 Å². The van der Waals surface area contributed by atoms with Gasteiger partial charge in [-0.15, -0.1) is 0 Å². The third-order valence-corrected chi connectivity index (χ3v) is 2.37. The summed E-state index contributed by atoms with van der Waals surface area (Å²) in [4.78, 5) is 2.08. The molecule has 1 aromatic carbocycles. The average Bonchev–Trinajstić information content (AvgIpc) is 2.07. The number of halogens is 1. The molecule has 2 N–H and O–H groups in total. The van der Waals surface area contributed by atoms with Crippen molar-refractivity contribution in [2.24, 2.45) is 0 Å². The number of hydrogen-bond acceptors (Lipinski definition) is 3. The van der Waals surface area contributed by atoms with Crippen LogP contribution in [0.5, 0.6) is 5.75 Å². The van der Waals surface area contributed by atoms with Crippen molar-refractivity contribution >= 4 is 23.0 Å². The third kappa shape index (κ3) is 1.40. The van der Waals surface area contributed by atoms with Crippen LogP contribution in [0.25, 0.3) is 0 Å². The van der Waals surface area contributed by atoms with Gasteiger partial charge in [-0.25, -0.2) is 0 Å². The Labute approximate surface area is 82.0 Å². The van der Waals surface area contributed by atoms with Crippen molar-refractivity contribution in [3.63, 3.8) is 0 Å². The van der Waals surface area contributed by atoms with Crippen molar-refractivity contribution in [2.75, 3.05) is 30.8 Å². The van der Waals surface area contributed by atoms with Crippen molar-refractivity contribution < 1.29 is 4.74 Å². The fraction of sp³-hybridized carbons (Fsp3) is 0.333. The largest absolute Gasteiger partial charge is 0.487 e. The maximum absolute atomic E-state index is 5.89. The van der Waals surface area contributed by atoms with E-state index in [1.807, 2.05) is 13.1 Å². The molecule has 0 saturated carbocycles.